The van der Waals surface area contributed by atoms with Gasteiger partial charge >= 0.3 is 0 Å². The first-order valence-electron chi connectivity index (χ1n) is 4.98. The molecule has 0 radical (unpaired) electrons. The van der Waals surface area contributed by atoms with Gasteiger partial charge in [0.15, 0.2) is 0 Å². The van der Waals surface area contributed by atoms with Crippen molar-refractivity contribution in [1.29, 1.82) is 0 Å². The van der Waals surface area contributed by atoms with Crippen molar-refractivity contribution in [3.63, 3.8) is 0 Å². The molecular weight excluding hydrogens is 162 g/mol. The summed E-state index contributed by atoms with van der Waals surface area (Å²) in [6, 6.07) is 0. The van der Waals surface area contributed by atoms with Gasteiger partial charge in [-0.05, 0) is 24.7 Å². The van der Waals surface area contributed by atoms with Gasteiger partial charge < -0.3 is 10.3 Å². The quantitative estimate of drug-likeness (QED) is 0.762. The standard InChI is InChI=1S/C10H17N3/c1-8-2-9(3-8)6-13-7-12-5-10(13)4-11/h5,7-9H,2-4,6,11H2,1H3. The van der Waals surface area contributed by atoms with E-state index in [0.717, 1.165) is 24.1 Å². The molecule has 0 atom stereocenters. The van der Waals surface area contributed by atoms with Gasteiger partial charge in [-0.2, -0.15) is 0 Å². The van der Waals surface area contributed by atoms with Crippen LogP contribution in [0.5, 0.6) is 0 Å². The molecule has 0 unspecified atom stereocenters. The van der Waals surface area contributed by atoms with Crippen molar-refractivity contribution in [2.75, 3.05) is 0 Å². The zero-order valence-corrected chi connectivity index (χ0v) is 8.11. The molecule has 1 fully saturated rings. The molecule has 1 aromatic rings. The van der Waals surface area contributed by atoms with E-state index in [4.69, 9.17) is 5.73 Å². The fourth-order valence-electron chi connectivity index (χ4n) is 2.18. The van der Waals surface area contributed by atoms with E-state index in [0.29, 0.717) is 6.54 Å². The van der Waals surface area contributed by atoms with E-state index >= 15 is 0 Å². The third-order valence-electron chi connectivity index (χ3n) is 2.93. The van der Waals surface area contributed by atoms with Crippen molar-refractivity contribution in [1.82, 2.24) is 9.55 Å². The first kappa shape index (κ1) is 8.75. The van der Waals surface area contributed by atoms with Gasteiger partial charge in [0, 0.05) is 19.3 Å². The van der Waals surface area contributed by atoms with Crippen LogP contribution in [-0.2, 0) is 13.1 Å². The number of nitrogens with two attached hydrogens (primary N) is 1. The van der Waals surface area contributed by atoms with E-state index in [2.05, 4.69) is 16.5 Å². The summed E-state index contributed by atoms with van der Waals surface area (Å²) in [5.74, 6) is 1.78. The lowest BCUT2D eigenvalue weighted by atomic mass is 9.76. The van der Waals surface area contributed by atoms with Gasteiger partial charge in [-0.25, -0.2) is 4.98 Å². The molecule has 1 saturated carbocycles. The Hall–Kier alpha value is -0.830. The SMILES string of the molecule is CC1CC(Cn2cncc2CN)C1. The fraction of sp³-hybridized carbons (Fsp3) is 0.700. The van der Waals surface area contributed by atoms with Crippen molar-refractivity contribution in [3.8, 4) is 0 Å². The Balaban J connectivity index is 1.94. The van der Waals surface area contributed by atoms with Gasteiger partial charge in [0.2, 0.25) is 0 Å². The van der Waals surface area contributed by atoms with Crippen LogP contribution in [0.25, 0.3) is 0 Å². The molecule has 1 aromatic heterocycles. The first-order chi connectivity index (χ1) is 6.29. The minimum Gasteiger partial charge on any atom is -0.333 e. The van der Waals surface area contributed by atoms with E-state index in [9.17, 15) is 0 Å². The van der Waals surface area contributed by atoms with Crippen LogP contribution in [0.3, 0.4) is 0 Å². The average molecular weight is 179 g/mol. The van der Waals surface area contributed by atoms with Crippen molar-refractivity contribution >= 4 is 0 Å². The topological polar surface area (TPSA) is 43.8 Å². The molecule has 0 aromatic carbocycles. The second-order valence-electron chi connectivity index (χ2n) is 4.18. The van der Waals surface area contributed by atoms with Crippen molar-refractivity contribution in [3.05, 3.63) is 18.2 Å². The molecule has 1 aliphatic carbocycles. The lowest BCUT2D eigenvalue weighted by molar-refractivity contribution is 0.186. The highest BCUT2D eigenvalue weighted by Crippen LogP contribution is 2.34. The molecule has 2 rings (SSSR count). The lowest BCUT2D eigenvalue weighted by Gasteiger charge is -2.33. The summed E-state index contributed by atoms with van der Waals surface area (Å²) in [6.07, 6.45) is 6.48. The Kier molecular flexibility index (Phi) is 2.36. The Bertz CT molecular complexity index is 273. The monoisotopic (exact) mass is 179 g/mol. The first-order valence-corrected chi connectivity index (χ1v) is 4.98. The van der Waals surface area contributed by atoms with Gasteiger partial charge in [-0.1, -0.05) is 6.92 Å². The molecular formula is C10H17N3. The van der Waals surface area contributed by atoms with E-state index in [1.807, 2.05) is 12.5 Å². The molecule has 72 valence electrons. The van der Waals surface area contributed by atoms with E-state index in [1.54, 1.807) is 0 Å². The highest BCUT2D eigenvalue weighted by atomic mass is 15.1. The second kappa shape index (κ2) is 3.50. The summed E-state index contributed by atoms with van der Waals surface area (Å²) in [5.41, 5.74) is 6.75. The highest BCUT2D eigenvalue weighted by Gasteiger charge is 2.25. The van der Waals surface area contributed by atoms with Gasteiger partial charge in [-0.15, -0.1) is 0 Å². The summed E-state index contributed by atoms with van der Waals surface area (Å²) in [4.78, 5) is 4.11. The fourth-order valence-corrected chi connectivity index (χ4v) is 2.18. The number of nitrogens with zero attached hydrogens (tertiary/aromatic N) is 2. The van der Waals surface area contributed by atoms with E-state index < -0.39 is 0 Å². The van der Waals surface area contributed by atoms with Gasteiger partial charge in [0.1, 0.15) is 0 Å². The smallest absolute Gasteiger partial charge is 0.0948 e. The molecule has 2 N–H and O–H groups in total. The molecule has 0 bridgehead atoms. The minimum atomic E-state index is 0.599. The zero-order valence-electron chi connectivity index (χ0n) is 8.11. The number of hydrogen-bond acceptors (Lipinski definition) is 2. The zero-order chi connectivity index (χ0) is 9.26. The Morgan fingerprint density at radius 2 is 2.38 bits per heavy atom. The number of aromatic nitrogens is 2. The summed E-state index contributed by atoms with van der Waals surface area (Å²) in [5, 5.41) is 0. The average Bonchev–Trinajstić information content (AvgIpc) is 2.49. The number of rotatable bonds is 3. The predicted octanol–water partition coefficient (Wildman–Crippen LogP) is 1.39. The summed E-state index contributed by atoms with van der Waals surface area (Å²) in [7, 11) is 0. The lowest BCUT2D eigenvalue weighted by Crippen LogP contribution is -2.26. The maximum Gasteiger partial charge on any atom is 0.0948 e. The third-order valence-corrected chi connectivity index (χ3v) is 2.93. The third kappa shape index (κ3) is 1.75. The molecule has 0 aliphatic heterocycles. The summed E-state index contributed by atoms with van der Waals surface area (Å²) >= 11 is 0. The van der Waals surface area contributed by atoms with E-state index in [-0.39, 0.29) is 0 Å². The number of imidazole rings is 1. The van der Waals surface area contributed by atoms with Crippen LogP contribution < -0.4 is 5.73 Å². The van der Waals surface area contributed by atoms with Crippen molar-refractivity contribution in [2.24, 2.45) is 17.6 Å². The predicted molar refractivity (Wildman–Crippen MR) is 52.0 cm³/mol. The minimum absolute atomic E-state index is 0.599. The second-order valence-corrected chi connectivity index (χ2v) is 4.18. The Labute approximate surface area is 79.0 Å². The van der Waals surface area contributed by atoms with Crippen LogP contribution in [0.1, 0.15) is 25.5 Å². The van der Waals surface area contributed by atoms with Crippen LogP contribution in [0.15, 0.2) is 12.5 Å². The molecule has 1 aliphatic rings. The van der Waals surface area contributed by atoms with Crippen molar-refractivity contribution < 1.29 is 0 Å². The van der Waals surface area contributed by atoms with Gasteiger partial charge in [0.05, 0.1) is 12.0 Å². The summed E-state index contributed by atoms with van der Waals surface area (Å²) in [6.45, 7) is 4.02. The largest absolute Gasteiger partial charge is 0.333 e. The molecule has 13 heavy (non-hydrogen) atoms. The maximum absolute atomic E-state index is 5.60. The van der Waals surface area contributed by atoms with Crippen LogP contribution in [0.4, 0.5) is 0 Å². The molecule has 0 amide bonds. The highest BCUT2D eigenvalue weighted by molar-refractivity contribution is 4.98. The molecule has 0 saturated heterocycles. The normalized spacial score (nSPS) is 27.2. The van der Waals surface area contributed by atoms with Crippen LogP contribution in [-0.4, -0.2) is 9.55 Å². The van der Waals surface area contributed by atoms with Crippen LogP contribution >= 0.6 is 0 Å². The summed E-state index contributed by atoms with van der Waals surface area (Å²) < 4.78 is 2.19. The molecule has 3 nitrogen and oxygen atoms in total. The van der Waals surface area contributed by atoms with Gasteiger partial charge in [-0.3, -0.25) is 0 Å². The van der Waals surface area contributed by atoms with Crippen LogP contribution in [0, 0.1) is 11.8 Å². The number of hydrogen-bond donors (Lipinski definition) is 1. The molecule has 1 heterocycles. The maximum atomic E-state index is 5.60. The Morgan fingerprint density at radius 3 is 3.00 bits per heavy atom. The van der Waals surface area contributed by atoms with Gasteiger partial charge in [0.25, 0.3) is 0 Å². The van der Waals surface area contributed by atoms with Crippen LogP contribution in [0.2, 0.25) is 0 Å². The van der Waals surface area contributed by atoms with E-state index in [1.165, 1.54) is 12.8 Å². The molecule has 3 heteroatoms. The Morgan fingerprint density at radius 1 is 1.62 bits per heavy atom. The van der Waals surface area contributed by atoms with Crippen molar-refractivity contribution in [2.45, 2.75) is 32.9 Å². The molecule has 0 spiro atoms.